The maximum absolute atomic E-state index is 13.9. The van der Waals surface area contributed by atoms with E-state index in [1.807, 2.05) is 54.6 Å². The Labute approximate surface area is 223 Å². The van der Waals surface area contributed by atoms with Crippen LogP contribution in [-0.4, -0.2) is 58.1 Å². The summed E-state index contributed by atoms with van der Waals surface area (Å²) >= 11 is 1.62. The van der Waals surface area contributed by atoms with Gasteiger partial charge in [-0.25, -0.2) is 0 Å². The van der Waals surface area contributed by atoms with Gasteiger partial charge in [-0.05, 0) is 98.2 Å². The number of hydrogen-bond donors (Lipinski definition) is 0. The van der Waals surface area contributed by atoms with Crippen LogP contribution in [0.25, 0.3) is 20.5 Å². The van der Waals surface area contributed by atoms with Gasteiger partial charge in [-0.15, -0.1) is 11.3 Å². The lowest BCUT2D eigenvalue weighted by molar-refractivity contribution is 0.104. The van der Waals surface area contributed by atoms with Gasteiger partial charge in [-0.3, -0.25) is 4.79 Å². The number of piperidine rings is 1. The number of likely N-dealkylation sites (tertiary alicyclic amines) is 1. The molecular weight excluding hydrogens is 480 g/mol. The molecule has 6 heteroatoms. The van der Waals surface area contributed by atoms with E-state index in [-0.39, 0.29) is 5.78 Å². The fourth-order valence-corrected chi connectivity index (χ4v) is 6.22. The first kappa shape index (κ1) is 25.3. The molecule has 0 aliphatic carbocycles. The molecule has 0 radical (unpaired) electrons. The SMILES string of the molecule is COc1ccc(-c2sc3cc(OC)ccc3c2C(=O)c2ccc(N(C)CCN3CCCCC3)cc2)cc1. The molecule has 1 fully saturated rings. The quantitative estimate of drug-likeness (QED) is 0.232. The highest BCUT2D eigenvalue weighted by Crippen LogP contribution is 2.41. The minimum Gasteiger partial charge on any atom is -0.497 e. The summed E-state index contributed by atoms with van der Waals surface area (Å²) in [6, 6.07) is 21.9. The Morgan fingerprint density at radius 2 is 1.57 bits per heavy atom. The van der Waals surface area contributed by atoms with E-state index < -0.39 is 0 Å². The number of rotatable bonds is 9. The van der Waals surface area contributed by atoms with E-state index in [9.17, 15) is 4.79 Å². The van der Waals surface area contributed by atoms with Gasteiger partial charge >= 0.3 is 0 Å². The number of hydrogen-bond acceptors (Lipinski definition) is 6. The maximum Gasteiger partial charge on any atom is 0.195 e. The second-order valence-electron chi connectivity index (χ2n) is 9.60. The third-order valence-electron chi connectivity index (χ3n) is 7.25. The lowest BCUT2D eigenvalue weighted by atomic mass is 9.97. The zero-order chi connectivity index (χ0) is 25.8. The molecule has 4 aromatic rings. The van der Waals surface area contributed by atoms with Crippen LogP contribution in [0.3, 0.4) is 0 Å². The first-order valence-corrected chi connectivity index (χ1v) is 13.7. The van der Waals surface area contributed by atoms with Gasteiger partial charge in [0, 0.05) is 51.9 Å². The van der Waals surface area contributed by atoms with Crippen LogP contribution in [0.15, 0.2) is 66.7 Å². The van der Waals surface area contributed by atoms with E-state index in [1.54, 1.807) is 25.6 Å². The first-order chi connectivity index (χ1) is 18.1. The van der Waals surface area contributed by atoms with Gasteiger partial charge in [0.1, 0.15) is 11.5 Å². The van der Waals surface area contributed by atoms with Gasteiger partial charge in [0.25, 0.3) is 0 Å². The Hall–Kier alpha value is -3.35. The molecule has 1 saturated heterocycles. The standard InChI is InChI=1S/C31H34N2O3S/c1-32(19-20-33-17-5-4-6-18-33)24-11-7-22(8-12-24)30(34)29-27-16-15-26(36-3)21-28(27)37-31(29)23-9-13-25(35-2)14-10-23/h7-16,21H,4-6,17-20H2,1-3H3. The van der Waals surface area contributed by atoms with Gasteiger partial charge in [0.2, 0.25) is 0 Å². The Morgan fingerprint density at radius 1 is 0.892 bits per heavy atom. The van der Waals surface area contributed by atoms with Gasteiger partial charge in [0.05, 0.1) is 14.2 Å². The van der Waals surface area contributed by atoms with Crippen LogP contribution < -0.4 is 14.4 Å². The summed E-state index contributed by atoms with van der Waals surface area (Å²) in [7, 11) is 5.45. The van der Waals surface area contributed by atoms with Crippen molar-refractivity contribution in [1.29, 1.82) is 0 Å². The van der Waals surface area contributed by atoms with Gasteiger partial charge in [-0.1, -0.05) is 6.42 Å². The van der Waals surface area contributed by atoms with E-state index in [0.29, 0.717) is 5.56 Å². The zero-order valence-corrected chi connectivity index (χ0v) is 22.6. The molecule has 5 nitrogen and oxygen atoms in total. The minimum atomic E-state index is 0.0322. The van der Waals surface area contributed by atoms with Crippen molar-refractivity contribution in [3.05, 3.63) is 77.9 Å². The molecule has 0 bridgehead atoms. The summed E-state index contributed by atoms with van der Waals surface area (Å²) in [4.78, 5) is 19.7. The normalized spacial score (nSPS) is 14.0. The summed E-state index contributed by atoms with van der Waals surface area (Å²) < 4.78 is 11.8. The molecule has 37 heavy (non-hydrogen) atoms. The number of anilines is 1. The smallest absolute Gasteiger partial charge is 0.195 e. The number of ether oxygens (including phenoxy) is 2. The number of likely N-dealkylation sites (N-methyl/N-ethyl adjacent to an activating group) is 1. The monoisotopic (exact) mass is 514 g/mol. The van der Waals surface area contributed by atoms with E-state index in [4.69, 9.17) is 9.47 Å². The van der Waals surface area contributed by atoms with Crippen LogP contribution in [0.4, 0.5) is 5.69 Å². The fraction of sp³-hybridized carbons (Fsp3) is 0.323. The number of fused-ring (bicyclic) bond motifs is 1. The fourth-order valence-electron chi connectivity index (χ4n) is 4.99. The molecule has 0 N–H and O–H groups in total. The molecule has 3 aromatic carbocycles. The zero-order valence-electron chi connectivity index (χ0n) is 21.8. The Balaban J connectivity index is 1.42. The summed E-state index contributed by atoms with van der Waals surface area (Å²) in [5.74, 6) is 1.61. The van der Waals surface area contributed by atoms with Crippen LogP contribution in [0.5, 0.6) is 11.5 Å². The lowest BCUT2D eigenvalue weighted by Crippen LogP contribution is -2.36. The molecule has 1 aromatic heterocycles. The highest BCUT2D eigenvalue weighted by Gasteiger charge is 2.22. The average Bonchev–Trinajstić information content (AvgIpc) is 3.34. The number of thiophene rings is 1. The number of nitrogens with zero attached hydrogens (tertiary/aromatic N) is 2. The van der Waals surface area contributed by atoms with Crippen LogP contribution in [0, 0.1) is 0 Å². The van der Waals surface area contributed by atoms with E-state index in [2.05, 4.69) is 29.0 Å². The van der Waals surface area contributed by atoms with Crippen molar-refractivity contribution in [3.63, 3.8) is 0 Å². The summed E-state index contributed by atoms with van der Waals surface area (Å²) in [5.41, 5.74) is 3.56. The first-order valence-electron chi connectivity index (χ1n) is 12.9. The summed E-state index contributed by atoms with van der Waals surface area (Å²) in [5, 5.41) is 0.948. The van der Waals surface area contributed by atoms with Crippen molar-refractivity contribution in [1.82, 2.24) is 4.90 Å². The van der Waals surface area contributed by atoms with Gasteiger partial charge in [-0.2, -0.15) is 0 Å². The molecule has 0 saturated carbocycles. The lowest BCUT2D eigenvalue weighted by Gasteiger charge is -2.29. The summed E-state index contributed by atoms with van der Waals surface area (Å²) in [6.07, 6.45) is 3.97. The molecule has 1 aliphatic heterocycles. The Kier molecular flexibility index (Phi) is 7.77. The Bertz CT molecular complexity index is 1360. The van der Waals surface area contributed by atoms with Crippen molar-refractivity contribution >= 4 is 32.9 Å². The molecule has 5 rings (SSSR count). The number of carbonyl (C=O) groups is 1. The molecule has 0 amide bonds. The van der Waals surface area contributed by atoms with Crippen LogP contribution in [-0.2, 0) is 0 Å². The molecular formula is C31H34N2O3S. The molecule has 2 heterocycles. The number of benzene rings is 3. The minimum absolute atomic E-state index is 0.0322. The molecule has 192 valence electrons. The van der Waals surface area contributed by atoms with Crippen molar-refractivity contribution in [2.24, 2.45) is 0 Å². The average molecular weight is 515 g/mol. The third-order valence-corrected chi connectivity index (χ3v) is 8.45. The second-order valence-corrected chi connectivity index (χ2v) is 10.6. The molecule has 0 spiro atoms. The van der Waals surface area contributed by atoms with Gasteiger partial charge in [0.15, 0.2) is 5.78 Å². The number of ketones is 1. The second kappa shape index (κ2) is 11.4. The summed E-state index contributed by atoms with van der Waals surface area (Å²) in [6.45, 7) is 4.47. The van der Waals surface area contributed by atoms with Crippen LogP contribution >= 0.6 is 11.3 Å². The Morgan fingerprint density at radius 3 is 2.24 bits per heavy atom. The largest absolute Gasteiger partial charge is 0.497 e. The van der Waals surface area contributed by atoms with E-state index >= 15 is 0 Å². The van der Waals surface area contributed by atoms with E-state index in [0.717, 1.165) is 56.4 Å². The predicted octanol–water partition coefficient (Wildman–Crippen LogP) is 6.74. The van der Waals surface area contributed by atoms with Crippen molar-refractivity contribution < 1.29 is 14.3 Å². The van der Waals surface area contributed by atoms with E-state index in [1.165, 1.54) is 32.4 Å². The number of methoxy groups -OCH3 is 2. The van der Waals surface area contributed by atoms with Gasteiger partial charge < -0.3 is 19.3 Å². The van der Waals surface area contributed by atoms with Crippen molar-refractivity contribution in [2.75, 3.05) is 52.3 Å². The molecule has 1 aliphatic rings. The number of carbonyl (C=O) groups excluding carboxylic acids is 1. The van der Waals surface area contributed by atoms with Crippen LogP contribution in [0.2, 0.25) is 0 Å². The third kappa shape index (κ3) is 5.50. The highest BCUT2D eigenvalue weighted by atomic mass is 32.1. The topological polar surface area (TPSA) is 42.0 Å². The van der Waals surface area contributed by atoms with Crippen molar-refractivity contribution in [2.45, 2.75) is 19.3 Å². The van der Waals surface area contributed by atoms with Crippen molar-refractivity contribution in [3.8, 4) is 21.9 Å². The predicted molar refractivity (Wildman–Crippen MR) is 154 cm³/mol. The molecule has 0 unspecified atom stereocenters. The molecule has 0 atom stereocenters. The van der Waals surface area contributed by atoms with Crippen LogP contribution in [0.1, 0.15) is 35.2 Å². The maximum atomic E-state index is 13.9. The highest BCUT2D eigenvalue weighted by molar-refractivity contribution is 7.22.